The lowest BCUT2D eigenvalue weighted by atomic mass is 10.1. The predicted molar refractivity (Wildman–Crippen MR) is 136 cm³/mol. The standard InChI is InChI=1S/C26H25N3O4S/c1-4-31-20-9-6-18(7-10-20)25-28-21-14-19(8-12-23(21)33-25)27-26(34)29-24(30)15-32-22-11-5-16(2)13-17(22)3/h5-14H,4,15H2,1-3H3,(H2,27,29,30,34). The Balaban J connectivity index is 1.36. The smallest absolute Gasteiger partial charge is 0.264 e. The number of thiocarbonyl (C=S) groups is 1. The number of ether oxygens (including phenoxy) is 2. The number of oxazole rings is 1. The van der Waals surface area contributed by atoms with Crippen LogP contribution in [0.5, 0.6) is 11.5 Å². The van der Waals surface area contributed by atoms with Crippen LogP contribution in [0.4, 0.5) is 5.69 Å². The minimum atomic E-state index is -0.349. The topological polar surface area (TPSA) is 85.6 Å². The SMILES string of the molecule is CCOc1ccc(-c2nc3cc(NC(=S)NC(=O)COc4ccc(C)cc4C)ccc3o2)cc1. The molecule has 7 nitrogen and oxygen atoms in total. The molecule has 1 heterocycles. The van der Waals surface area contributed by atoms with Gasteiger partial charge in [-0.2, -0.15) is 0 Å². The highest BCUT2D eigenvalue weighted by Gasteiger charge is 2.11. The van der Waals surface area contributed by atoms with Gasteiger partial charge in [-0.15, -0.1) is 0 Å². The molecule has 0 aliphatic rings. The number of carbonyl (C=O) groups is 1. The molecule has 0 bridgehead atoms. The number of nitrogens with one attached hydrogen (secondary N) is 2. The summed E-state index contributed by atoms with van der Waals surface area (Å²) in [6.07, 6.45) is 0. The predicted octanol–water partition coefficient (Wildman–Crippen LogP) is 5.40. The normalized spacial score (nSPS) is 10.7. The number of nitrogens with zero attached hydrogens (tertiary/aromatic N) is 1. The van der Waals surface area contributed by atoms with Crippen LogP contribution in [0.15, 0.2) is 65.1 Å². The number of carbonyl (C=O) groups excluding carboxylic acids is 1. The van der Waals surface area contributed by atoms with E-state index < -0.39 is 0 Å². The summed E-state index contributed by atoms with van der Waals surface area (Å²) in [4.78, 5) is 16.8. The Morgan fingerprint density at radius 2 is 1.82 bits per heavy atom. The van der Waals surface area contributed by atoms with Crippen molar-refractivity contribution >= 4 is 40.0 Å². The van der Waals surface area contributed by atoms with Gasteiger partial charge in [-0.3, -0.25) is 10.1 Å². The van der Waals surface area contributed by atoms with Crippen LogP contribution in [0.1, 0.15) is 18.1 Å². The quantitative estimate of drug-likeness (QED) is 0.346. The van der Waals surface area contributed by atoms with Gasteiger partial charge in [-0.1, -0.05) is 17.7 Å². The van der Waals surface area contributed by atoms with Gasteiger partial charge in [0.15, 0.2) is 17.3 Å². The number of amides is 1. The van der Waals surface area contributed by atoms with E-state index in [1.807, 2.05) is 69.3 Å². The van der Waals surface area contributed by atoms with E-state index in [1.165, 1.54) is 0 Å². The van der Waals surface area contributed by atoms with Gasteiger partial charge >= 0.3 is 0 Å². The number of hydrogen-bond acceptors (Lipinski definition) is 6. The zero-order chi connectivity index (χ0) is 24.1. The van der Waals surface area contributed by atoms with Crippen molar-refractivity contribution in [3.05, 3.63) is 71.8 Å². The van der Waals surface area contributed by atoms with Crippen LogP contribution in [-0.4, -0.2) is 29.2 Å². The number of anilines is 1. The summed E-state index contributed by atoms with van der Waals surface area (Å²) in [6, 6.07) is 18.8. The lowest BCUT2D eigenvalue weighted by Gasteiger charge is -2.11. The summed E-state index contributed by atoms with van der Waals surface area (Å²) in [7, 11) is 0. The first-order valence-electron chi connectivity index (χ1n) is 10.9. The number of benzene rings is 3. The third-order valence-electron chi connectivity index (χ3n) is 5.00. The molecule has 0 saturated carbocycles. The molecule has 0 spiro atoms. The molecule has 0 unspecified atom stereocenters. The molecule has 34 heavy (non-hydrogen) atoms. The van der Waals surface area contributed by atoms with Crippen molar-refractivity contribution in [2.45, 2.75) is 20.8 Å². The lowest BCUT2D eigenvalue weighted by molar-refractivity contribution is -0.121. The van der Waals surface area contributed by atoms with Crippen molar-refractivity contribution in [3.8, 4) is 23.0 Å². The molecule has 2 N–H and O–H groups in total. The van der Waals surface area contributed by atoms with Gasteiger partial charge in [0.25, 0.3) is 5.91 Å². The Morgan fingerprint density at radius 1 is 1.03 bits per heavy atom. The van der Waals surface area contributed by atoms with Crippen molar-refractivity contribution in [3.63, 3.8) is 0 Å². The Bertz CT molecular complexity index is 1330. The molecule has 3 aromatic carbocycles. The summed E-state index contributed by atoms with van der Waals surface area (Å²) in [5.41, 5.74) is 4.95. The van der Waals surface area contributed by atoms with Crippen LogP contribution in [0, 0.1) is 13.8 Å². The molecular formula is C26H25N3O4S. The van der Waals surface area contributed by atoms with Gasteiger partial charge in [-0.25, -0.2) is 4.98 Å². The summed E-state index contributed by atoms with van der Waals surface area (Å²) in [5.74, 6) is 1.62. The third kappa shape index (κ3) is 5.71. The molecule has 4 rings (SSSR count). The van der Waals surface area contributed by atoms with Crippen LogP contribution >= 0.6 is 12.2 Å². The van der Waals surface area contributed by atoms with E-state index in [2.05, 4.69) is 15.6 Å². The van der Waals surface area contributed by atoms with Gasteiger partial charge in [-0.05, 0) is 87.1 Å². The lowest BCUT2D eigenvalue weighted by Crippen LogP contribution is -2.37. The zero-order valence-electron chi connectivity index (χ0n) is 19.2. The third-order valence-corrected chi connectivity index (χ3v) is 5.20. The van der Waals surface area contributed by atoms with Gasteiger partial charge < -0.3 is 19.2 Å². The Hall–Kier alpha value is -3.91. The van der Waals surface area contributed by atoms with E-state index in [0.717, 1.165) is 22.4 Å². The number of aryl methyl sites for hydroxylation is 2. The molecule has 1 aromatic heterocycles. The average Bonchev–Trinajstić information content (AvgIpc) is 3.22. The van der Waals surface area contributed by atoms with E-state index in [4.69, 9.17) is 26.1 Å². The molecule has 0 aliphatic carbocycles. The van der Waals surface area contributed by atoms with Crippen molar-refractivity contribution in [1.82, 2.24) is 10.3 Å². The number of aromatic nitrogens is 1. The molecular weight excluding hydrogens is 450 g/mol. The fourth-order valence-electron chi connectivity index (χ4n) is 3.42. The summed E-state index contributed by atoms with van der Waals surface area (Å²) in [5, 5.41) is 5.79. The van der Waals surface area contributed by atoms with Crippen LogP contribution in [0.2, 0.25) is 0 Å². The van der Waals surface area contributed by atoms with Gasteiger partial charge in [0.2, 0.25) is 5.89 Å². The Kier molecular flexibility index (Phi) is 7.08. The van der Waals surface area contributed by atoms with Gasteiger partial charge in [0.05, 0.1) is 6.61 Å². The first-order valence-corrected chi connectivity index (χ1v) is 11.3. The highest BCUT2D eigenvalue weighted by molar-refractivity contribution is 7.80. The highest BCUT2D eigenvalue weighted by atomic mass is 32.1. The summed E-state index contributed by atoms with van der Waals surface area (Å²) >= 11 is 5.27. The Morgan fingerprint density at radius 3 is 2.56 bits per heavy atom. The minimum Gasteiger partial charge on any atom is -0.494 e. The molecule has 0 radical (unpaired) electrons. The van der Waals surface area contributed by atoms with E-state index in [0.29, 0.717) is 35.0 Å². The molecule has 0 saturated heterocycles. The monoisotopic (exact) mass is 475 g/mol. The van der Waals surface area contributed by atoms with Crippen molar-refractivity contribution in [1.29, 1.82) is 0 Å². The van der Waals surface area contributed by atoms with E-state index in [9.17, 15) is 4.79 Å². The molecule has 0 aliphatic heterocycles. The molecule has 4 aromatic rings. The van der Waals surface area contributed by atoms with Crippen LogP contribution in [-0.2, 0) is 4.79 Å². The summed E-state index contributed by atoms with van der Waals surface area (Å²) in [6.45, 7) is 6.36. The van der Waals surface area contributed by atoms with Gasteiger partial charge in [0.1, 0.15) is 17.0 Å². The van der Waals surface area contributed by atoms with Crippen LogP contribution in [0.25, 0.3) is 22.6 Å². The average molecular weight is 476 g/mol. The van der Waals surface area contributed by atoms with Crippen LogP contribution in [0.3, 0.4) is 0 Å². The second-order valence-electron chi connectivity index (χ2n) is 7.72. The van der Waals surface area contributed by atoms with Crippen LogP contribution < -0.4 is 20.1 Å². The maximum absolute atomic E-state index is 12.2. The molecule has 174 valence electrons. The van der Waals surface area contributed by atoms with Crippen molar-refractivity contribution in [2.24, 2.45) is 0 Å². The maximum Gasteiger partial charge on any atom is 0.264 e. The number of rotatable bonds is 7. The molecule has 0 atom stereocenters. The van der Waals surface area contributed by atoms with Crippen molar-refractivity contribution in [2.75, 3.05) is 18.5 Å². The molecule has 0 fully saturated rings. The molecule has 1 amide bonds. The minimum absolute atomic E-state index is 0.139. The first-order chi connectivity index (χ1) is 16.4. The largest absolute Gasteiger partial charge is 0.494 e. The number of fused-ring (bicyclic) bond motifs is 1. The molecule has 8 heteroatoms. The fraction of sp³-hybridized carbons (Fsp3) is 0.192. The van der Waals surface area contributed by atoms with E-state index >= 15 is 0 Å². The Labute approximate surface area is 203 Å². The van der Waals surface area contributed by atoms with Crippen molar-refractivity contribution < 1.29 is 18.7 Å². The highest BCUT2D eigenvalue weighted by Crippen LogP contribution is 2.27. The van der Waals surface area contributed by atoms with E-state index in [1.54, 1.807) is 12.1 Å². The van der Waals surface area contributed by atoms with E-state index in [-0.39, 0.29) is 17.6 Å². The zero-order valence-corrected chi connectivity index (χ0v) is 20.0. The summed E-state index contributed by atoms with van der Waals surface area (Å²) < 4.78 is 16.9. The first kappa shape index (κ1) is 23.3. The second kappa shape index (κ2) is 10.4. The fourth-order valence-corrected chi connectivity index (χ4v) is 3.65. The number of hydrogen-bond donors (Lipinski definition) is 2. The second-order valence-corrected chi connectivity index (χ2v) is 8.13. The maximum atomic E-state index is 12.2. The van der Waals surface area contributed by atoms with Gasteiger partial charge in [0, 0.05) is 11.3 Å².